The molecule has 5 heteroatoms. The molecule has 0 atom stereocenters. The molecule has 0 radical (unpaired) electrons. The van der Waals surface area contributed by atoms with E-state index in [-0.39, 0.29) is 5.91 Å². The molecule has 0 aliphatic carbocycles. The van der Waals surface area contributed by atoms with Gasteiger partial charge in [0.05, 0.1) is 0 Å². The van der Waals surface area contributed by atoms with Crippen LogP contribution in [0.1, 0.15) is 16.2 Å². The minimum absolute atomic E-state index is 0.0556. The van der Waals surface area contributed by atoms with Crippen LogP contribution in [0.15, 0.2) is 34.7 Å². The van der Waals surface area contributed by atoms with Gasteiger partial charge in [0, 0.05) is 24.7 Å². The van der Waals surface area contributed by atoms with E-state index in [0.29, 0.717) is 23.4 Å². The Labute approximate surface area is 117 Å². The first-order valence-electron chi connectivity index (χ1n) is 6.68. The van der Waals surface area contributed by atoms with Crippen molar-refractivity contribution in [2.75, 3.05) is 20.1 Å². The van der Waals surface area contributed by atoms with Crippen LogP contribution in [-0.4, -0.2) is 42.0 Å². The summed E-state index contributed by atoms with van der Waals surface area (Å²) in [6.07, 6.45) is 0. The Hall–Kier alpha value is -2.14. The van der Waals surface area contributed by atoms with E-state index < -0.39 is 0 Å². The number of amides is 1. The normalized spacial score (nSPS) is 15.2. The first-order chi connectivity index (χ1) is 9.69. The topological polar surface area (TPSA) is 58.4 Å². The second-order valence-electron chi connectivity index (χ2n) is 4.99. The summed E-state index contributed by atoms with van der Waals surface area (Å²) in [5.74, 6) is 1.01. The summed E-state index contributed by atoms with van der Waals surface area (Å²) in [4.78, 5) is 18.5. The van der Waals surface area contributed by atoms with E-state index in [1.807, 2.05) is 37.4 Å². The van der Waals surface area contributed by atoms with Crippen molar-refractivity contribution in [2.24, 2.45) is 0 Å². The van der Waals surface area contributed by atoms with E-state index in [1.54, 1.807) is 11.8 Å². The zero-order valence-corrected chi connectivity index (χ0v) is 11.6. The lowest BCUT2D eigenvalue weighted by atomic mass is 10.1. The van der Waals surface area contributed by atoms with E-state index in [0.717, 1.165) is 18.7 Å². The highest BCUT2D eigenvalue weighted by Gasteiger charge is 2.32. The van der Waals surface area contributed by atoms with Crippen LogP contribution in [0.5, 0.6) is 0 Å². The van der Waals surface area contributed by atoms with Crippen LogP contribution in [0.4, 0.5) is 0 Å². The third kappa shape index (κ3) is 2.20. The first kappa shape index (κ1) is 12.9. The monoisotopic (exact) mass is 271 g/mol. The number of oxazole rings is 1. The van der Waals surface area contributed by atoms with Crippen molar-refractivity contribution in [3.63, 3.8) is 0 Å². The number of likely N-dealkylation sites (N-methyl/N-ethyl adjacent to an activating group) is 1. The smallest absolute Gasteiger partial charge is 0.276 e. The number of nitrogens with zero attached hydrogens (tertiary/aromatic N) is 2. The molecule has 2 heterocycles. The molecule has 1 saturated heterocycles. The molecule has 1 aromatic heterocycles. The zero-order chi connectivity index (χ0) is 14.1. The molecule has 1 N–H and O–H groups in total. The highest BCUT2D eigenvalue weighted by molar-refractivity contribution is 5.94. The molecule has 104 valence electrons. The fraction of sp³-hybridized carbons (Fsp3) is 0.333. The van der Waals surface area contributed by atoms with Gasteiger partial charge in [-0.15, -0.1) is 0 Å². The summed E-state index contributed by atoms with van der Waals surface area (Å²) in [5, 5.41) is 3.15. The lowest BCUT2D eigenvalue weighted by molar-refractivity contribution is 0.0570. The average molecular weight is 271 g/mol. The average Bonchev–Trinajstić information content (AvgIpc) is 2.80. The minimum atomic E-state index is -0.0556. The molecule has 0 unspecified atom stereocenters. The highest BCUT2D eigenvalue weighted by Crippen LogP contribution is 2.23. The lowest BCUT2D eigenvalue weighted by Crippen LogP contribution is -2.59. The second-order valence-corrected chi connectivity index (χ2v) is 4.99. The molecule has 2 aromatic rings. The number of aromatic nitrogens is 1. The van der Waals surface area contributed by atoms with Crippen LogP contribution < -0.4 is 5.32 Å². The number of carbonyl (C=O) groups is 1. The van der Waals surface area contributed by atoms with Crippen molar-refractivity contribution in [2.45, 2.75) is 13.0 Å². The van der Waals surface area contributed by atoms with Gasteiger partial charge >= 0.3 is 0 Å². The van der Waals surface area contributed by atoms with Crippen LogP contribution in [0, 0.1) is 6.92 Å². The Bertz CT molecular complexity index is 615. The number of benzene rings is 1. The van der Waals surface area contributed by atoms with Crippen molar-refractivity contribution in [1.82, 2.24) is 15.2 Å². The van der Waals surface area contributed by atoms with Crippen LogP contribution in [0.25, 0.3) is 11.5 Å². The van der Waals surface area contributed by atoms with Gasteiger partial charge in [-0.05, 0) is 26.1 Å². The van der Waals surface area contributed by atoms with Crippen LogP contribution >= 0.6 is 0 Å². The Kier molecular flexibility index (Phi) is 3.28. The molecule has 1 aromatic carbocycles. The fourth-order valence-electron chi connectivity index (χ4n) is 2.28. The van der Waals surface area contributed by atoms with Crippen molar-refractivity contribution in [3.8, 4) is 11.5 Å². The van der Waals surface area contributed by atoms with Crippen molar-refractivity contribution < 1.29 is 9.21 Å². The van der Waals surface area contributed by atoms with Crippen LogP contribution in [0.3, 0.4) is 0 Å². The molecule has 0 spiro atoms. The van der Waals surface area contributed by atoms with Crippen molar-refractivity contribution in [3.05, 3.63) is 41.8 Å². The largest absolute Gasteiger partial charge is 0.441 e. The number of carbonyl (C=O) groups excluding carboxylic acids is 1. The first-order valence-corrected chi connectivity index (χ1v) is 6.68. The maximum absolute atomic E-state index is 12.3. The van der Waals surface area contributed by atoms with Gasteiger partial charge in [0.15, 0.2) is 5.69 Å². The van der Waals surface area contributed by atoms with E-state index >= 15 is 0 Å². The molecule has 1 aliphatic rings. The van der Waals surface area contributed by atoms with E-state index in [2.05, 4.69) is 10.3 Å². The van der Waals surface area contributed by atoms with Gasteiger partial charge < -0.3 is 14.6 Å². The maximum atomic E-state index is 12.3. The number of hydrogen-bond donors (Lipinski definition) is 1. The molecular formula is C15H17N3O2. The van der Waals surface area contributed by atoms with Gasteiger partial charge in [0.2, 0.25) is 5.89 Å². The molecule has 1 aliphatic heterocycles. The molecule has 1 amide bonds. The molecule has 0 bridgehead atoms. The van der Waals surface area contributed by atoms with Crippen molar-refractivity contribution in [1.29, 1.82) is 0 Å². The Balaban J connectivity index is 1.81. The van der Waals surface area contributed by atoms with Gasteiger partial charge in [-0.25, -0.2) is 4.98 Å². The zero-order valence-electron chi connectivity index (χ0n) is 11.6. The van der Waals surface area contributed by atoms with Gasteiger partial charge in [-0.1, -0.05) is 18.2 Å². The summed E-state index contributed by atoms with van der Waals surface area (Å²) in [5.41, 5.74) is 1.30. The lowest BCUT2D eigenvalue weighted by Gasteiger charge is -2.38. The van der Waals surface area contributed by atoms with E-state index in [9.17, 15) is 4.79 Å². The van der Waals surface area contributed by atoms with Crippen LogP contribution in [0.2, 0.25) is 0 Å². The van der Waals surface area contributed by atoms with Crippen molar-refractivity contribution >= 4 is 5.91 Å². The quantitative estimate of drug-likeness (QED) is 0.923. The predicted molar refractivity (Wildman–Crippen MR) is 75.4 cm³/mol. The third-order valence-electron chi connectivity index (χ3n) is 3.60. The molecular weight excluding hydrogens is 254 g/mol. The minimum Gasteiger partial charge on any atom is -0.441 e. The summed E-state index contributed by atoms with van der Waals surface area (Å²) < 4.78 is 5.62. The standard InChI is InChI=1S/C15H17N3O2/c1-10-13(15(19)18-8-12(9-18)16-2)17-14(20-10)11-6-4-3-5-7-11/h3-7,12,16H,8-9H2,1-2H3. The molecule has 3 rings (SSSR count). The number of nitrogens with one attached hydrogen (secondary N) is 1. The molecule has 0 saturated carbocycles. The fourth-order valence-corrected chi connectivity index (χ4v) is 2.28. The Morgan fingerprint density at radius 1 is 1.35 bits per heavy atom. The van der Waals surface area contributed by atoms with Gasteiger partial charge in [-0.2, -0.15) is 0 Å². The Morgan fingerprint density at radius 3 is 2.70 bits per heavy atom. The van der Waals surface area contributed by atoms with Gasteiger partial charge in [-0.3, -0.25) is 4.79 Å². The SMILES string of the molecule is CNC1CN(C(=O)c2nc(-c3ccccc3)oc2C)C1. The summed E-state index contributed by atoms with van der Waals surface area (Å²) >= 11 is 0. The number of likely N-dealkylation sites (tertiary alicyclic amines) is 1. The summed E-state index contributed by atoms with van der Waals surface area (Å²) in [6, 6.07) is 10.00. The molecule has 20 heavy (non-hydrogen) atoms. The maximum Gasteiger partial charge on any atom is 0.276 e. The summed E-state index contributed by atoms with van der Waals surface area (Å²) in [6.45, 7) is 3.23. The number of hydrogen-bond acceptors (Lipinski definition) is 4. The van der Waals surface area contributed by atoms with Gasteiger partial charge in [0.1, 0.15) is 5.76 Å². The highest BCUT2D eigenvalue weighted by atomic mass is 16.4. The van der Waals surface area contributed by atoms with Gasteiger partial charge in [0.25, 0.3) is 5.91 Å². The third-order valence-corrected chi connectivity index (χ3v) is 3.60. The number of rotatable bonds is 3. The predicted octanol–water partition coefficient (Wildman–Crippen LogP) is 1.69. The Morgan fingerprint density at radius 2 is 2.05 bits per heavy atom. The van der Waals surface area contributed by atoms with Crippen LogP contribution in [-0.2, 0) is 0 Å². The molecule has 5 nitrogen and oxygen atoms in total. The molecule has 1 fully saturated rings. The van der Waals surface area contributed by atoms with E-state index in [1.165, 1.54) is 0 Å². The van der Waals surface area contributed by atoms with E-state index in [4.69, 9.17) is 4.42 Å². The second kappa shape index (κ2) is 5.09. The summed E-state index contributed by atoms with van der Waals surface area (Å²) in [7, 11) is 1.90. The number of aryl methyl sites for hydroxylation is 1.